The van der Waals surface area contributed by atoms with Crippen molar-refractivity contribution in [3.8, 4) is 0 Å². The lowest BCUT2D eigenvalue weighted by atomic mass is 10.2. The molecule has 0 nitrogen and oxygen atoms in total. The molecule has 0 amide bonds. The van der Waals surface area contributed by atoms with Crippen molar-refractivity contribution in [2.75, 3.05) is 0 Å². The van der Waals surface area contributed by atoms with Gasteiger partial charge in [-0.15, -0.1) is 11.3 Å². The lowest BCUT2D eigenvalue weighted by molar-refractivity contribution is 1.77. The highest BCUT2D eigenvalue weighted by atomic mass is 79.9. The predicted octanol–water partition coefficient (Wildman–Crippen LogP) is 5.58. The van der Waals surface area contributed by atoms with Gasteiger partial charge in [0.25, 0.3) is 0 Å². The molecule has 0 aliphatic rings. The number of fused-ring (bicyclic) bond motifs is 3. The molecule has 0 aliphatic heterocycles. The zero-order valence-electron chi connectivity index (χ0n) is 7.63. The maximum Gasteiger partial charge on any atom is 0.0497 e. The first-order chi connectivity index (χ1) is 7.25. The van der Waals surface area contributed by atoms with Crippen LogP contribution in [0.3, 0.4) is 0 Å². The second-order valence-corrected chi connectivity index (χ2v) is 6.18. The molecule has 74 valence electrons. The second kappa shape index (κ2) is 3.58. The Labute approximate surface area is 108 Å². The predicted molar refractivity (Wildman–Crippen MR) is 74.7 cm³/mol. The molecule has 0 bridgehead atoms. The molecule has 3 rings (SSSR count). The topological polar surface area (TPSA) is 0 Å². The Morgan fingerprint density at radius 2 is 1.80 bits per heavy atom. The van der Waals surface area contributed by atoms with E-state index < -0.39 is 0 Å². The second-order valence-electron chi connectivity index (χ2n) is 3.36. The van der Waals surface area contributed by atoms with Crippen LogP contribution in [-0.2, 0) is 0 Å². The monoisotopic (exact) mass is 340 g/mol. The lowest BCUT2D eigenvalue weighted by Crippen LogP contribution is -1.67. The largest absolute Gasteiger partial charge is 0.134 e. The van der Waals surface area contributed by atoms with Gasteiger partial charge in [0.2, 0.25) is 0 Å². The highest BCUT2D eigenvalue weighted by Crippen LogP contribution is 2.38. The Bertz CT molecular complexity index is 655. The lowest BCUT2D eigenvalue weighted by Gasteiger charge is -1.93. The average molecular weight is 342 g/mol. The fraction of sp³-hybridized carbons (Fsp3) is 0. The van der Waals surface area contributed by atoms with E-state index in [-0.39, 0.29) is 0 Å². The molecule has 3 aromatic rings. The molecule has 1 heterocycles. The third-order valence-corrected chi connectivity index (χ3v) is 5.03. The first-order valence-corrected chi connectivity index (χ1v) is 6.92. The van der Waals surface area contributed by atoms with Crippen LogP contribution in [0.15, 0.2) is 45.3 Å². The molecule has 2 aromatic carbocycles. The zero-order valence-corrected chi connectivity index (χ0v) is 11.6. The fourth-order valence-corrected chi connectivity index (χ4v) is 4.01. The van der Waals surface area contributed by atoms with Crippen molar-refractivity contribution in [2.45, 2.75) is 0 Å². The molecule has 3 heteroatoms. The number of benzene rings is 2. The van der Waals surface area contributed by atoms with Gasteiger partial charge in [-0.05, 0) is 34.1 Å². The highest BCUT2D eigenvalue weighted by molar-refractivity contribution is 9.11. The van der Waals surface area contributed by atoms with Gasteiger partial charge in [0.15, 0.2) is 0 Å². The first kappa shape index (κ1) is 9.82. The van der Waals surface area contributed by atoms with Crippen molar-refractivity contribution in [3.63, 3.8) is 0 Å². The van der Waals surface area contributed by atoms with E-state index in [1.165, 1.54) is 24.6 Å². The Kier molecular flexibility index (Phi) is 2.34. The molecule has 0 atom stereocenters. The van der Waals surface area contributed by atoms with E-state index in [1.807, 2.05) is 11.3 Å². The van der Waals surface area contributed by atoms with Crippen molar-refractivity contribution >= 4 is 63.4 Å². The van der Waals surface area contributed by atoms with Crippen LogP contribution in [0.1, 0.15) is 0 Å². The van der Waals surface area contributed by atoms with Gasteiger partial charge in [0.05, 0.1) is 0 Å². The van der Waals surface area contributed by atoms with E-state index in [4.69, 9.17) is 0 Å². The molecular formula is C12H6Br2S. The maximum atomic E-state index is 3.59. The van der Waals surface area contributed by atoms with Gasteiger partial charge in [-0.3, -0.25) is 0 Å². The van der Waals surface area contributed by atoms with Crippen LogP contribution in [0.25, 0.3) is 20.2 Å². The van der Waals surface area contributed by atoms with Crippen LogP contribution < -0.4 is 0 Å². The van der Waals surface area contributed by atoms with E-state index in [2.05, 4.69) is 68.3 Å². The van der Waals surface area contributed by atoms with Crippen LogP contribution in [0.4, 0.5) is 0 Å². The van der Waals surface area contributed by atoms with Crippen molar-refractivity contribution in [1.82, 2.24) is 0 Å². The summed E-state index contributed by atoms with van der Waals surface area (Å²) in [5.41, 5.74) is 0. The standard InChI is InChI=1S/C12H6Br2S/c13-7-4-5-8-9-2-1-3-10(14)12(9)15-11(8)6-7/h1-6H. The van der Waals surface area contributed by atoms with Gasteiger partial charge in [0, 0.05) is 29.1 Å². The summed E-state index contributed by atoms with van der Waals surface area (Å²) < 4.78 is 4.96. The summed E-state index contributed by atoms with van der Waals surface area (Å²) >= 11 is 8.92. The van der Waals surface area contributed by atoms with Gasteiger partial charge in [0.1, 0.15) is 0 Å². The van der Waals surface area contributed by atoms with Gasteiger partial charge in [-0.1, -0.05) is 34.1 Å². The molecule has 0 spiro atoms. The summed E-state index contributed by atoms with van der Waals surface area (Å²) in [6, 6.07) is 12.8. The summed E-state index contributed by atoms with van der Waals surface area (Å²) in [5.74, 6) is 0. The first-order valence-electron chi connectivity index (χ1n) is 4.52. The van der Waals surface area contributed by atoms with Crippen LogP contribution in [0, 0.1) is 0 Å². The minimum atomic E-state index is 1.14. The SMILES string of the molecule is Brc1ccc2c(c1)sc1c(Br)cccc12. The number of halogens is 2. The van der Waals surface area contributed by atoms with Crippen LogP contribution in [0.2, 0.25) is 0 Å². The van der Waals surface area contributed by atoms with E-state index in [0.29, 0.717) is 0 Å². The summed E-state index contributed by atoms with van der Waals surface area (Å²) in [4.78, 5) is 0. The molecule has 0 saturated heterocycles. The molecular weight excluding hydrogens is 336 g/mol. The van der Waals surface area contributed by atoms with Gasteiger partial charge in [-0.25, -0.2) is 0 Å². The van der Waals surface area contributed by atoms with Gasteiger partial charge >= 0.3 is 0 Å². The van der Waals surface area contributed by atoms with Crippen LogP contribution in [0.5, 0.6) is 0 Å². The van der Waals surface area contributed by atoms with E-state index in [1.54, 1.807) is 0 Å². The number of rotatable bonds is 0. The normalized spacial score (nSPS) is 11.3. The number of hydrogen-bond acceptors (Lipinski definition) is 1. The Balaban J connectivity index is 2.57. The summed E-state index contributed by atoms with van der Waals surface area (Å²) in [6.07, 6.45) is 0. The molecule has 15 heavy (non-hydrogen) atoms. The van der Waals surface area contributed by atoms with Gasteiger partial charge in [-0.2, -0.15) is 0 Å². The van der Waals surface area contributed by atoms with Crippen LogP contribution >= 0.6 is 43.2 Å². The summed E-state index contributed by atoms with van der Waals surface area (Å²) in [6.45, 7) is 0. The molecule has 0 saturated carbocycles. The minimum absolute atomic E-state index is 1.14. The van der Waals surface area contributed by atoms with Crippen molar-refractivity contribution < 1.29 is 0 Å². The number of thiophene rings is 1. The van der Waals surface area contributed by atoms with Crippen molar-refractivity contribution in [3.05, 3.63) is 45.3 Å². The molecule has 0 aliphatic carbocycles. The molecule has 0 radical (unpaired) electrons. The van der Waals surface area contributed by atoms with Crippen molar-refractivity contribution in [2.24, 2.45) is 0 Å². The Hall–Kier alpha value is -0.380. The zero-order chi connectivity index (χ0) is 10.4. The smallest absolute Gasteiger partial charge is 0.0497 e. The van der Waals surface area contributed by atoms with E-state index >= 15 is 0 Å². The minimum Gasteiger partial charge on any atom is -0.134 e. The van der Waals surface area contributed by atoms with E-state index in [9.17, 15) is 0 Å². The summed E-state index contributed by atoms with van der Waals surface area (Å²) in [5, 5.41) is 2.66. The van der Waals surface area contributed by atoms with Gasteiger partial charge < -0.3 is 0 Å². The summed E-state index contributed by atoms with van der Waals surface area (Å²) in [7, 11) is 0. The van der Waals surface area contributed by atoms with Crippen LogP contribution in [-0.4, -0.2) is 0 Å². The molecule has 0 N–H and O–H groups in total. The quantitative estimate of drug-likeness (QED) is 0.500. The fourth-order valence-electron chi connectivity index (χ4n) is 1.74. The number of hydrogen-bond donors (Lipinski definition) is 0. The molecule has 0 fully saturated rings. The van der Waals surface area contributed by atoms with E-state index in [0.717, 1.165) is 4.47 Å². The molecule has 0 unspecified atom stereocenters. The Morgan fingerprint density at radius 1 is 0.933 bits per heavy atom. The maximum absolute atomic E-state index is 3.59. The van der Waals surface area contributed by atoms with Crippen molar-refractivity contribution in [1.29, 1.82) is 0 Å². The molecule has 1 aromatic heterocycles. The Morgan fingerprint density at radius 3 is 2.67 bits per heavy atom. The third kappa shape index (κ3) is 1.53. The average Bonchev–Trinajstić information content (AvgIpc) is 2.57. The third-order valence-electron chi connectivity index (χ3n) is 2.41. The highest BCUT2D eigenvalue weighted by Gasteiger charge is 2.06.